The number of carbonyl (C=O) groups is 1. The number of amides is 1. The van der Waals surface area contributed by atoms with E-state index in [1.54, 1.807) is 0 Å². The lowest BCUT2D eigenvalue weighted by molar-refractivity contribution is -0.157. The second-order valence-electron chi connectivity index (χ2n) is 4.80. The summed E-state index contributed by atoms with van der Waals surface area (Å²) in [6.45, 7) is 0. The molecule has 1 aliphatic rings. The molecular formula is C16H14N2O2S. The van der Waals surface area contributed by atoms with Crippen LogP contribution in [0.15, 0.2) is 60.7 Å². The average Bonchev–Trinajstić information content (AvgIpc) is 2.53. The third kappa shape index (κ3) is 2.53. The Morgan fingerprint density at radius 2 is 1.62 bits per heavy atom. The Kier molecular flexibility index (Phi) is 3.68. The van der Waals surface area contributed by atoms with Crippen molar-refractivity contribution in [3.05, 3.63) is 66.2 Å². The molecule has 2 aromatic rings. The van der Waals surface area contributed by atoms with E-state index in [9.17, 15) is 9.90 Å². The zero-order valence-corrected chi connectivity index (χ0v) is 12.0. The predicted molar refractivity (Wildman–Crippen MR) is 84.7 cm³/mol. The van der Waals surface area contributed by atoms with Crippen LogP contribution in [0.2, 0.25) is 0 Å². The number of aliphatic hydroxyl groups excluding tert-OH is 1. The number of hydrogen-bond donors (Lipinski definition) is 2. The molecule has 5 heteroatoms. The van der Waals surface area contributed by atoms with Crippen LogP contribution < -0.4 is 5.32 Å². The number of nitrogens with one attached hydrogen (secondary N) is 1. The number of para-hydroxylation sites is 1. The Morgan fingerprint density at radius 3 is 2.24 bits per heavy atom. The largest absolute Gasteiger partial charge is 0.381 e. The highest BCUT2D eigenvalue weighted by atomic mass is 32.1. The molecule has 2 aromatic carbocycles. The lowest BCUT2D eigenvalue weighted by Crippen LogP contribution is -2.61. The number of anilines is 1. The van der Waals surface area contributed by atoms with E-state index in [0.29, 0.717) is 5.11 Å². The van der Waals surface area contributed by atoms with Crippen molar-refractivity contribution in [2.24, 2.45) is 0 Å². The molecule has 0 radical (unpaired) electrons. The molecule has 2 atom stereocenters. The minimum atomic E-state index is -1.04. The van der Waals surface area contributed by atoms with Crippen LogP contribution >= 0.6 is 12.2 Å². The predicted octanol–water partition coefficient (Wildman–Crippen LogP) is 2.33. The monoisotopic (exact) mass is 298 g/mol. The fraction of sp³-hybridized carbons (Fsp3) is 0.125. The van der Waals surface area contributed by atoms with Crippen LogP contribution in [0.25, 0.3) is 0 Å². The van der Waals surface area contributed by atoms with Gasteiger partial charge in [0.2, 0.25) is 0 Å². The molecule has 0 bridgehead atoms. The highest BCUT2D eigenvalue weighted by Crippen LogP contribution is 2.35. The summed E-state index contributed by atoms with van der Waals surface area (Å²) < 4.78 is 0. The molecule has 0 aromatic heterocycles. The van der Waals surface area contributed by atoms with Gasteiger partial charge in [0, 0.05) is 5.69 Å². The summed E-state index contributed by atoms with van der Waals surface area (Å²) in [5, 5.41) is 13.3. The summed E-state index contributed by atoms with van der Waals surface area (Å²) in [5.41, 5.74) is 1.67. The highest BCUT2D eigenvalue weighted by molar-refractivity contribution is 7.80. The van der Waals surface area contributed by atoms with Crippen LogP contribution in [0.1, 0.15) is 11.6 Å². The van der Waals surface area contributed by atoms with E-state index in [0.717, 1.165) is 11.3 Å². The zero-order chi connectivity index (χ0) is 14.8. The van der Waals surface area contributed by atoms with Gasteiger partial charge in [0.05, 0.1) is 6.04 Å². The van der Waals surface area contributed by atoms with Crippen molar-refractivity contribution in [2.75, 3.05) is 5.32 Å². The fourth-order valence-electron chi connectivity index (χ4n) is 2.39. The molecule has 1 heterocycles. The third-order valence-electron chi connectivity index (χ3n) is 3.45. The molecule has 21 heavy (non-hydrogen) atoms. The molecule has 1 aliphatic heterocycles. The maximum Gasteiger partial charge on any atom is 0.260 e. The molecule has 106 valence electrons. The number of rotatable bonds is 2. The molecular weight excluding hydrogens is 284 g/mol. The van der Waals surface area contributed by atoms with Crippen molar-refractivity contribution < 1.29 is 9.90 Å². The summed E-state index contributed by atoms with van der Waals surface area (Å²) in [5.74, 6) is -0.378. The van der Waals surface area contributed by atoms with Crippen molar-refractivity contribution in [1.82, 2.24) is 4.90 Å². The van der Waals surface area contributed by atoms with Crippen molar-refractivity contribution in [3.8, 4) is 0 Å². The average molecular weight is 298 g/mol. The van der Waals surface area contributed by atoms with Crippen LogP contribution in [-0.4, -0.2) is 27.1 Å². The number of hydrogen-bond acceptors (Lipinski definition) is 3. The minimum Gasteiger partial charge on any atom is -0.381 e. The summed E-state index contributed by atoms with van der Waals surface area (Å²) in [4.78, 5) is 13.3. The summed E-state index contributed by atoms with van der Waals surface area (Å²) in [7, 11) is 0. The number of aliphatic hydroxyl groups is 1. The van der Waals surface area contributed by atoms with Gasteiger partial charge in [0.1, 0.15) is 0 Å². The second kappa shape index (κ2) is 5.63. The Morgan fingerprint density at radius 1 is 1.05 bits per heavy atom. The molecule has 1 saturated heterocycles. The number of likely N-dealkylation sites (tertiary alicyclic amines) is 1. The molecule has 1 fully saturated rings. The maximum atomic E-state index is 11.9. The standard InChI is InChI=1S/C16H14N2O2S/c19-14-13(11-7-3-1-4-8-11)18(15(14)20)16(21)17-12-9-5-2-6-10-12/h1-10,13-14,19H,(H,17,21)/t13-,14+/m0/s1. The normalized spacial score (nSPS) is 20.8. The first-order valence-electron chi connectivity index (χ1n) is 6.60. The zero-order valence-electron chi connectivity index (χ0n) is 11.1. The van der Waals surface area contributed by atoms with Gasteiger partial charge in [-0.15, -0.1) is 0 Å². The maximum absolute atomic E-state index is 11.9. The van der Waals surface area contributed by atoms with Crippen LogP contribution in [0.4, 0.5) is 5.69 Å². The Hall–Kier alpha value is -2.24. The molecule has 0 saturated carbocycles. The first-order valence-corrected chi connectivity index (χ1v) is 7.01. The van der Waals surface area contributed by atoms with E-state index in [4.69, 9.17) is 12.2 Å². The van der Waals surface area contributed by atoms with Crippen LogP contribution in [0.3, 0.4) is 0 Å². The molecule has 0 aliphatic carbocycles. The van der Waals surface area contributed by atoms with Crippen molar-refractivity contribution in [1.29, 1.82) is 0 Å². The van der Waals surface area contributed by atoms with Crippen molar-refractivity contribution in [3.63, 3.8) is 0 Å². The van der Waals surface area contributed by atoms with Gasteiger partial charge in [-0.05, 0) is 29.9 Å². The molecule has 2 N–H and O–H groups in total. The summed E-state index contributed by atoms with van der Waals surface area (Å²) >= 11 is 5.30. The number of nitrogens with zero attached hydrogens (tertiary/aromatic N) is 1. The van der Waals surface area contributed by atoms with Crippen LogP contribution in [0, 0.1) is 0 Å². The fourth-order valence-corrected chi connectivity index (χ4v) is 2.71. The second-order valence-corrected chi connectivity index (χ2v) is 5.19. The third-order valence-corrected chi connectivity index (χ3v) is 3.75. The molecule has 1 amide bonds. The van der Waals surface area contributed by atoms with Gasteiger partial charge in [-0.3, -0.25) is 9.69 Å². The summed E-state index contributed by atoms with van der Waals surface area (Å²) in [6.07, 6.45) is -1.04. The number of benzene rings is 2. The van der Waals surface area contributed by atoms with Crippen LogP contribution in [0.5, 0.6) is 0 Å². The molecule has 0 spiro atoms. The van der Waals surface area contributed by atoms with Crippen molar-refractivity contribution in [2.45, 2.75) is 12.1 Å². The van der Waals surface area contributed by atoms with E-state index >= 15 is 0 Å². The number of carbonyl (C=O) groups excluding carboxylic acids is 1. The first-order chi connectivity index (χ1) is 10.2. The van der Waals surface area contributed by atoms with Gasteiger partial charge < -0.3 is 10.4 Å². The van der Waals surface area contributed by atoms with E-state index in [1.165, 1.54) is 4.90 Å². The topological polar surface area (TPSA) is 52.6 Å². The Labute approximate surface area is 128 Å². The Balaban J connectivity index is 1.80. The van der Waals surface area contributed by atoms with E-state index < -0.39 is 12.1 Å². The van der Waals surface area contributed by atoms with E-state index in [-0.39, 0.29) is 5.91 Å². The van der Waals surface area contributed by atoms with Crippen LogP contribution in [-0.2, 0) is 4.79 Å². The Bertz CT molecular complexity index is 660. The van der Waals surface area contributed by atoms with Gasteiger partial charge in [0.15, 0.2) is 11.2 Å². The minimum absolute atomic E-state index is 0.297. The SMILES string of the molecule is O=C1[C@H](O)[C@H](c2ccccc2)N1C(=S)Nc1ccccc1. The van der Waals surface area contributed by atoms with Gasteiger partial charge in [-0.2, -0.15) is 0 Å². The smallest absolute Gasteiger partial charge is 0.260 e. The van der Waals surface area contributed by atoms with Gasteiger partial charge >= 0.3 is 0 Å². The van der Waals surface area contributed by atoms with Gasteiger partial charge in [-0.25, -0.2) is 0 Å². The van der Waals surface area contributed by atoms with E-state index in [2.05, 4.69) is 5.32 Å². The molecule has 0 unspecified atom stereocenters. The van der Waals surface area contributed by atoms with Gasteiger partial charge in [-0.1, -0.05) is 48.5 Å². The quantitative estimate of drug-likeness (QED) is 0.660. The first kappa shape index (κ1) is 13.7. The highest BCUT2D eigenvalue weighted by Gasteiger charge is 2.49. The molecule has 4 nitrogen and oxygen atoms in total. The van der Waals surface area contributed by atoms with Crippen molar-refractivity contribution >= 4 is 28.9 Å². The summed E-state index contributed by atoms with van der Waals surface area (Å²) in [6, 6.07) is 18.3. The van der Waals surface area contributed by atoms with Gasteiger partial charge in [0.25, 0.3) is 5.91 Å². The molecule has 3 rings (SSSR count). The number of thiocarbonyl (C=S) groups is 1. The lowest BCUT2D eigenvalue weighted by Gasteiger charge is -2.44. The van der Waals surface area contributed by atoms with E-state index in [1.807, 2.05) is 60.7 Å². The number of β-lactam (4-membered cyclic amide) rings is 1. The lowest BCUT2D eigenvalue weighted by atomic mass is 9.91.